The molecule has 2 aromatic heterocycles. The van der Waals surface area contributed by atoms with E-state index in [1.54, 1.807) is 12.1 Å². The van der Waals surface area contributed by atoms with Crippen molar-refractivity contribution in [3.63, 3.8) is 0 Å². The van der Waals surface area contributed by atoms with E-state index in [2.05, 4.69) is 14.9 Å². The van der Waals surface area contributed by atoms with Crippen molar-refractivity contribution in [2.75, 3.05) is 7.11 Å². The molecule has 2 heterocycles. The zero-order valence-corrected chi connectivity index (χ0v) is 16.3. The summed E-state index contributed by atoms with van der Waals surface area (Å²) in [5.41, 5.74) is 2.17. The smallest absolute Gasteiger partial charge is 0.373 e. The van der Waals surface area contributed by atoms with Crippen molar-refractivity contribution < 1.29 is 23.1 Å². The van der Waals surface area contributed by atoms with Gasteiger partial charge in [-0.3, -0.25) is 0 Å². The Hall–Kier alpha value is -2.74. The van der Waals surface area contributed by atoms with Crippen LogP contribution in [0.25, 0.3) is 0 Å². The van der Waals surface area contributed by atoms with Crippen LogP contribution in [-0.4, -0.2) is 23.3 Å². The minimum absolute atomic E-state index is 0.114. The number of methoxy groups -OCH3 is 1. The van der Waals surface area contributed by atoms with Gasteiger partial charge in [0.1, 0.15) is 11.5 Å². The molecule has 0 fully saturated rings. The summed E-state index contributed by atoms with van der Waals surface area (Å²) in [6, 6.07) is 9.32. The molecule has 0 amide bonds. The highest BCUT2D eigenvalue weighted by Crippen LogP contribution is 2.35. The first-order chi connectivity index (χ1) is 13.0. The second-order valence-corrected chi connectivity index (χ2v) is 7.27. The third-order valence-electron chi connectivity index (χ3n) is 3.83. The third-order valence-corrected chi connectivity index (χ3v) is 4.79. The zero-order valence-electron chi connectivity index (χ0n) is 15.5. The van der Waals surface area contributed by atoms with Gasteiger partial charge in [0.2, 0.25) is 5.76 Å². The van der Waals surface area contributed by atoms with Gasteiger partial charge >= 0.3 is 5.97 Å². The zero-order chi connectivity index (χ0) is 19.4. The number of benzene rings is 1. The van der Waals surface area contributed by atoms with Gasteiger partial charge in [0.15, 0.2) is 6.61 Å². The van der Waals surface area contributed by atoms with Crippen molar-refractivity contribution in [2.45, 2.75) is 37.9 Å². The van der Waals surface area contributed by atoms with E-state index in [0.717, 1.165) is 16.9 Å². The number of aromatic nitrogens is 2. The predicted octanol–water partition coefficient (Wildman–Crippen LogP) is 4.50. The highest BCUT2D eigenvalue weighted by Gasteiger charge is 2.19. The van der Waals surface area contributed by atoms with Gasteiger partial charge in [-0.2, -0.15) is 0 Å². The Balaban J connectivity index is 1.59. The van der Waals surface area contributed by atoms with Crippen molar-refractivity contribution in [3.05, 3.63) is 58.9 Å². The quantitative estimate of drug-likeness (QED) is 0.432. The summed E-state index contributed by atoms with van der Waals surface area (Å²) >= 11 is 1.34. The summed E-state index contributed by atoms with van der Waals surface area (Å²) in [5, 5.41) is 8.32. The molecule has 3 rings (SSSR count). The Morgan fingerprint density at radius 2 is 2.00 bits per heavy atom. The van der Waals surface area contributed by atoms with Gasteiger partial charge in [0.25, 0.3) is 11.1 Å². The molecule has 1 unspecified atom stereocenters. The van der Waals surface area contributed by atoms with E-state index in [-0.39, 0.29) is 17.6 Å². The number of carbonyl (C=O) groups is 1. The number of carbonyl (C=O) groups excluding carboxylic acids is 1. The first-order valence-corrected chi connectivity index (χ1v) is 9.21. The molecule has 0 radical (unpaired) electrons. The number of ether oxygens (including phenoxy) is 2. The van der Waals surface area contributed by atoms with Gasteiger partial charge in [-0.15, -0.1) is 10.2 Å². The van der Waals surface area contributed by atoms with Crippen molar-refractivity contribution in [3.8, 4) is 5.75 Å². The van der Waals surface area contributed by atoms with Gasteiger partial charge in [-0.1, -0.05) is 23.9 Å². The number of esters is 1. The second-order valence-electron chi connectivity index (χ2n) is 5.97. The molecule has 1 aromatic carbocycles. The number of thioether (sulfide) groups is 1. The van der Waals surface area contributed by atoms with E-state index < -0.39 is 5.97 Å². The number of hydrogen-bond acceptors (Lipinski definition) is 8. The Morgan fingerprint density at radius 3 is 2.78 bits per heavy atom. The maximum atomic E-state index is 11.5. The van der Waals surface area contributed by atoms with Gasteiger partial charge < -0.3 is 18.3 Å². The van der Waals surface area contributed by atoms with Crippen molar-refractivity contribution in [1.29, 1.82) is 0 Å². The SMILES string of the molecule is COC(=O)c1ccc(C(C)Sc2nnc(COc3cc(C)ccc3C)o2)o1. The first-order valence-electron chi connectivity index (χ1n) is 8.33. The maximum absolute atomic E-state index is 11.5. The lowest BCUT2D eigenvalue weighted by atomic mass is 10.1. The number of aryl methyl sites for hydroxylation is 2. The standard InChI is InChI=1S/C19H20N2O5S/c1-11-5-6-12(2)16(9-11)24-10-17-20-21-19(26-17)27-13(3)14-7-8-15(25-14)18(22)23-4/h5-9,13H,10H2,1-4H3. The molecular weight excluding hydrogens is 368 g/mol. The molecule has 0 aliphatic heterocycles. The van der Waals surface area contributed by atoms with Crippen LogP contribution in [0.1, 0.15) is 45.5 Å². The molecular formula is C19H20N2O5S. The van der Waals surface area contributed by atoms with Crippen LogP contribution in [0.3, 0.4) is 0 Å². The van der Waals surface area contributed by atoms with Crippen molar-refractivity contribution in [1.82, 2.24) is 10.2 Å². The Kier molecular flexibility index (Phi) is 5.85. The molecule has 0 aliphatic rings. The van der Waals surface area contributed by atoms with Crippen LogP contribution in [0.4, 0.5) is 0 Å². The summed E-state index contributed by atoms with van der Waals surface area (Å²) in [4.78, 5) is 11.5. The minimum atomic E-state index is -0.512. The fourth-order valence-electron chi connectivity index (χ4n) is 2.34. The van der Waals surface area contributed by atoms with Crippen molar-refractivity contribution >= 4 is 17.7 Å². The molecule has 7 nitrogen and oxygen atoms in total. The normalized spacial score (nSPS) is 12.0. The predicted molar refractivity (Wildman–Crippen MR) is 98.9 cm³/mol. The van der Waals surface area contributed by atoms with Crippen molar-refractivity contribution in [2.24, 2.45) is 0 Å². The maximum Gasteiger partial charge on any atom is 0.373 e. The molecule has 3 aromatic rings. The lowest BCUT2D eigenvalue weighted by Crippen LogP contribution is -1.98. The van der Waals surface area contributed by atoms with Crippen LogP contribution in [-0.2, 0) is 11.3 Å². The summed E-state index contributed by atoms with van der Waals surface area (Å²) in [6.07, 6.45) is 0. The molecule has 1 atom stereocenters. The molecule has 0 spiro atoms. The fraction of sp³-hybridized carbons (Fsp3) is 0.316. The summed E-state index contributed by atoms with van der Waals surface area (Å²) in [5.74, 6) is 1.45. The van der Waals surface area contributed by atoms with Crippen LogP contribution in [0, 0.1) is 13.8 Å². The molecule has 0 saturated heterocycles. The van der Waals surface area contributed by atoms with Gasteiger partial charge in [-0.05, 0) is 50.1 Å². The number of hydrogen-bond donors (Lipinski definition) is 0. The summed E-state index contributed by atoms with van der Waals surface area (Å²) in [6.45, 7) is 6.10. The number of furan rings is 1. The topological polar surface area (TPSA) is 87.6 Å². The van der Waals surface area contributed by atoms with E-state index in [4.69, 9.17) is 13.6 Å². The fourth-order valence-corrected chi connectivity index (χ4v) is 3.11. The average Bonchev–Trinajstić information content (AvgIpc) is 3.31. The largest absolute Gasteiger partial charge is 0.484 e. The Bertz CT molecular complexity index is 934. The molecule has 142 valence electrons. The lowest BCUT2D eigenvalue weighted by Gasteiger charge is -2.07. The Labute approximate surface area is 161 Å². The van der Waals surface area contributed by atoms with E-state index in [1.165, 1.54) is 18.9 Å². The third kappa shape index (κ3) is 4.71. The highest BCUT2D eigenvalue weighted by molar-refractivity contribution is 7.99. The van der Waals surface area contributed by atoms with Crippen LogP contribution in [0.15, 0.2) is 44.4 Å². The number of rotatable bonds is 7. The van der Waals surface area contributed by atoms with E-state index in [0.29, 0.717) is 16.9 Å². The molecule has 0 N–H and O–H groups in total. The summed E-state index contributed by atoms with van der Waals surface area (Å²) in [7, 11) is 1.31. The van der Waals surface area contributed by atoms with Gasteiger partial charge in [-0.25, -0.2) is 4.79 Å². The van der Waals surface area contributed by atoms with Crippen LogP contribution in [0.5, 0.6) is 5.75 Å². The van der Waals surface area contributed by atoms with Crippen LogP contribution in [0.2, 0.25) is 0 Å². The summed E-state index contributed by atoms with van der Waals surface area (Å²) < 4.78 is 21.5. The van der Waals surface area contributed by atoms with Crippen LogP contribution >= 0.6 is 11.8 Å². The molecule has 0 saturated carbocycles. The lowest BCUT2D eigenvalue weighted by molar-refractivity contribution is 0.0563. The minimum Gasteiger partial charge on any atom is -0.484 e. The monoisotopic (exact) mass is 388 g/mol. The van der Waals surface area contributed by atoms with Gasteiger partial charge in [0.05, 0.1) is 12.4 Å². The molecule has 0 aliphatic carbocycles. The first kappa shape index (κ1) is 19.0. The molecule has 27 heavy (non-hydrogen) atoms. The van der Waals surface area contributed by atoms with E-state index in [9.17, 15) is 4.79 Å². The highest BCUT2D eigenvalue weighted by atomic mass is 32.2. The number of nitrogens with zero attached hydrogens (tertiary/aromatic N) is 2. The average molecular weight is 388 g/mol. The van der Waals surface area contributed by atoms with E-state index in [1.807, 2.05) is 39.0 Å². The van der Waals surface area contributed by atoms with E-state index >= 15 is 0 Å². The second kappa shape index (κ2) is 8.30. The van der Waals surface area contributed by atoms with Crippen LogP contribution < -0.4 is 4.74 Å². The molecule has 8 heteroatoms. The Morgan fingerprint density at radius 1 is 1.19 bits per heavy atom. The van der Waals surface area contributed by atoms with Gasteiger partial charge in [0, 0.05) is 0 Å². The molecule has 0 bridgehead atoms.